The maximum absolute atomic E-state index is 12.9. The van der Waals surface area contributed by atoms with Crippen LogP contribution in [0.4, 0.5) is 5.69 Å². The van der Waals surface area contributed by atoms with Crippen LogP contribution in [-0.2, 0) is 14.8 Å². The summed E-state index contributed by atoms with van der Waals surface area (Å²) in [5, 5.41) is 3.04. The van der Waals surface area contributed by atoms with Gasteiger partial charge in [0.2, 0.25) is 5.91 Å². The Morgan fingerprint density at radius 2 is 1.50 bits per heavy atom. The van der Waals surface area contributed by atoms with Gasteiger partial charge in [0.1, 0.15) is 0 Å². The molecule has 182 valence electrons. The smallest absolute Gasteiger partial charge is 0.264 e. The van der Waals surface area contributed by atoms with Crippen molar-refractivity contribution in [3.05, 3.63) is 60.2 Å². The van der Waals surface area contributed by atoms with Crippen LogP contribution in [0.2, 0.25) is 0 Å². The first kappa shape index (κ1) is 24.3. The van der Waals surface area contributed by atoms with Gasteiger partial charge in [0, 0.05) is 37.7 Å². The number of para-hydroxylation sites is 1. The minimum Gasteiger partial charge on any atom is -0.349 e. The highest BCUT2D eigenvalue weighted by Gasteiger charge is 2.30. The molecule has 0 radical (unpaired) electrons. The Labute approximate surface area is 202 Å². The summed E-state index contributed by atoms with van der Waals surface area (Å²) in [7, 11) is -2.21. The zero-order valence-electron chi connectivity index (χ0n) is 19.7. The molecule has 1 aliphatic heterocycles. The van der Waals surface area contributed by atoms with E-state index in [1.165, 1.54) is 29.9 Å². The van der Waals surface area contributed by atoms with Crippen molar-refractivity contribution in [3.63, 3.8) is 0 Å². The van der Waals surface area contributed by atoms with Gasteiger partial charge in [0.25, 0.3) is 15.9 Å². The van der Waals surface area contributed by atoms with Crippen molar-refractivity contribution < 1.29 is 18.0 Å². The van der Waals surface area contributed by atoms with Gasteiger partial charge in [0.15, 0.2) is 0 Å². The lowest BCUT2D eigenvalue weighted by atomic mass is 9.87. The second kappa shape index (κ2) is 10.6. The second-order valence-corrected chi connectivity index (χ2v) is 11.2. The highest BCUT2D eigenvalue weighted by atomic mass is 32.2. The van der Waals surface area contributed by atoms with Crippen LogP contribution >= 0.6 is 0 Å². The number of benzene rings is 2. The van der Waals surface area contributed by atoms with Crippen molar-refractivity contribution >= 4 is 27.5 Å². The Bertz CT molecular complexity index is 1090. The van der Waals surface area contributed by atoms with Gasteiger partial charge in [-0.3, -0.25) is 13.9 Å². The molecule has 2 aliphatic rings. The second-order valence-electron chi connectivity index (χ2n) is 9.24. The van der Waals surface area contributed by atoms with Crippen LogP contribution in [0.5, 0.6) is 0 Å². The quantitative estimate of drug-likeness (QED) is 0.677. The lowest BCUT2D eigenvalue weighted by molar-refractivity contribution is -0.137. The summed E-state index contributed by atoms with van der Waals surface area (Å²) in [4.78, 5) is 27.6. The number of sulfonamides is 1. The molecular weight excluding hydrogens is 450 g/mol. The summed E-state index contributed by atoms with van der Waals surface area (Å²) in [5.41, 5.74) is 0.986. The molecular formula is C26H33N3O4S. The van der Waals surface area contributed by atoms with Crippen LogP contribution in [0.25, 0.3) is 0 Å². The standard InChI is InChI=1S/C26H33N3O4S/c1-28(23-10-6-3-7-11-23)34(32,33)24-14-12-20(13-15-24)25(30)27-22-16-18-29(19-17-22)26(31)21-8-4-2-5-9-21/h3,6-7,10-15,21-22H,2,4-5,8-9,16-19H2,1H3,(H,27,30). The molecule has 2 fully saturated rings. The maximum Gasteiger partial charge on any atom is 0.264 e. The average molecular weight is 484 g/mol. The summed E-state index contributed by atoms with van der Waals surface area (Å²) in [6.07, 6.45) is 6.99. The van der Waals surface area contributed by atoms with Crippen molar-refractivity contribution in [2.45, 2.75) is 55.9 Å². The molecule has 2 aromatic rings. The van der Waals surface area contributed by atoms with E-state index in [2.05, 4.69) is 5.32 Å². The number of piperidine rings is 1. The zero-order valence-corrected chi connectivity index (χ0v) is 20.5. The minimum absolute atomic E-state index is 0.00975. The van der Waals surface area contributed by atoms with E-state index in [4.69, 9.17) is 0 Å². The lowest BCUT2D eigenvalue weighted by Gasteiger charge is -2.35. The summed E-state index contributed by atoms with van der Waals surface area (Å²) in [6, 6.07) is 14.9. The Morgan fingerprint density at radius 3 is 2.12 bits per heavy atom. The fraction of sp³-hybridized carbons (Fsp3) is 0.462. The topological polar surface area (TPSA) is 86.8 Å². The molecule has 0 unspecified atom stereocenters. The van der Waals surface area contributed by atoms with E-state index in [0.29, 0.717) is 24.3 Å². The van der Waals surface area contributed by atoms with E-state index in [9.17, 15) is 18.0 Å². The Kier molecular flexibility index (Phi) is 7.56. The van der Waals surface area contributed by atoms with E-state index in [1.54, 1.807) is 36.4 Å². The van der Waals surface area contributed by atoms with Gasteiger partial charge in [-0.25, -0.2) is 8.42 Å². The molecule has 1 N–H and O–H groups in total. The largest absolute Gasteiger partial charge is 0.349 e. The molecule has 0 bridgehead atoms. The zero-order chi connectivity index (χ0) is 24.1. The lowest BCUT2D eigenvalue weighted by Crippen LogP contribution is -2.48. The van der Waals surface area contributed by atoms with Gasteiger partial charge in [-0.05, 0) is 62.1 Å². The van der Waals surface area contributed by atoms with Crippen LogP contribution < -0.4 is 9.62 Å². The van der Waals surface area contributed by atoms with Gasteiger partial charge in [-0.2, -0.15) is 0 Å². The van der Waals surface area contributed by atoms with Crippen molar-refractivity contribution in [2.75, 3.05) is 24.4 Å². The molecule has 0 atom stereocenters. The first-order valence-electron chi connectivity index (χ1n) is 12.1. The summed E-state index contributed by atoms with van der Waals surface area (Å²) >= 11 is 0. The fourth-order valence-electron chi connectivity index (χ4n) is 4.83. The van der Waals surface area contributed by atoms with Crippen LogP contribution in [-0.4, -0.2) is 51.3 Å². The number of nitrogens with one attached hydrogen (secondary N) is 1. The first-order valence-corrected chi connectivity index (χ1v) is 13.5. The van der Waals surface area contributed by atoms with E-state index in [-0.39, 0.29) is 28.7 Å². The molecule has 7 nitrogen and oxygen atoms in total. The molecule has 1 saturated heterocycles. The monoisotopic (exact) mass is 483 g/mol. The maximum atomic E-state index is 12.9. The molecule has 2 aromatic carbocycles. The molecule has 4 rings (SSSR count). The number of likely N-dealkylation sites (tertiary alicyclic amines) is 1. The molecule has 1 aliphatic carbocycles. The van der Waals surface area contributed by atoms with Crippen molar-refractivity contribution in [3.8, 4) is 0 Å². The molecule has 8 heteroatoms. The third kappa shape index (κ3) is 5.43. The molecule has 1 heterocycles. The number of nitrogens with zero attached hydrogens (tertiary/aromatic N) is 2. The number of carbonyl (C=O) groups is 2. The number of rotatable bonds is 6. The number of hydrogen-bond donors (Lipinski definition) is 1. The molecule has 2 amide bonds. The van der Waals surface area contributed by atoms with E-state index >= 15 is 0 Å². The molecule has 0 aromatic heterocycles. The van der Waals surface area contributed by atoms with E-state index in [0.717, 1.165) is 38.5 Å². The SMILES string of the molecule is CN(c1ccccc1)S(=O)(=O)c1ccc(C(=O)NC2CCN(C(=O)C3CCCCC3)CC2)cc1. The van der Waals surface area contributed by atoms with Crippen molar-refractivity contribution in [2.24, 2.45) is 5.92 Å². The van der Waals surface area contributed by atoms with Gasteiger partial charge in [-0.15, -0.1) is 0 Å². The predicted molar refractivity (Wildman–Crippen MR) is 132 cm³/mol. The number of amides is 2. The highest BCUT2D eigenvalue weighted by Crippen LogP contribution is 2.27. The van der Waals surface area contributed by atoms with Gasteiger partial charge < -0.3 is 10.2 Å². The normalized spacial score (nSPS) is 17.9. The molecule has 34 heavy (non-hydrogen) atoms. The Morgan fingerprint density at radius 1 is 0.882 bits per heavy atom. The van der Waals surface area contributed by atoms with Gasteiger partial charge in [0.05, 0.1) is 10.6 Å². The van der Waals surface area contributed by atoms with Crippen LogP contribution in [0.3, 0.4) is 0 Å². The summed E-state index contributed by atoms with van der Waals surface area (Å²) in [5.74, 6) is 0.231. The third-order valence-corrected chi connectivity index (χ3v) is 8.79. The number of carbonyl (C=O) groups excluding carboxylic acids is 2. The molecule has 1 saturated carbocycles. The van der Waals surface area contributed by atoms with E-state index in [1.807, 2.05) is 11.0 Å². The predicted octanol–water partition coefficient (Wildman–Crippen LogP) is 3.81. The van der Waals surface area contributed by atoms with Crippen molar-refractivity contribution in [1.82, 2.24) is 10.2 Å². The number of anilines is 1. The summed E-state index contributed by atoms with van der Waals surface area (Å²) in [6.45, 7) is 1.34. The van der Waals surface area contributed by atoms with Gasteiger partial charge in [-0.1, -0.05) is 37.5 Å². The highest BCUT2D eigenvalue weighted by molar-refractivity contribution is 7.92. The Balaban J connectivity index is 1.31. The van der Waals surface area contributed by atoms with E-state index < -0.39 is 10.0 Å². The number of hydrogen-bond acceptors (Lipinski definition) is 4. The van der Waals surface area contributed by atoms with Crippen LogP contribution in [0.1, 0.15) is 55.3 Å². The van der Waals surface area contributed by atoms with Gasteiger partial charge >= 0.3 is 0 Å². The fourth-order valence-corrected chi connectivity index (χ4v) is 6.03. The first-order chi connectivity index (χ1) is 16.4. The minimum atomic E-state index is -3.72. The van der Waals surface area contributed by atoms with Crippen molar-refractivity contribution in [1.29, 1.82) is 0 Å². The van der Waals surface area contributed by atoms with Crippen LogP contribution in [0.15, 0.2) is 59.5 Å². The summed E-state index contributed by atoms with van der Waals surface area (Å²) < 4.78 is 27.1. The van der Waals surface area contributed by atoms with Crippen LogP contribution in [0, 0.1) is 5.92 Å². The average Bonchev–Trinajstić information content (AvgIpc) is 2.89. The third-order valence-electron chi connectivity index (χ3n) is 6.99. The molecule has 0 spiro atoms. The Hall–Kier alpha value is -2.87.